The van der Waals surface area contributed by atoms with Crippen molar-refractivity contribution in [2.24, 2.45) is 5.73 Å². The number of hydrogen-bond acceptors (Lipinski definition) is 5. The molecular formula is C15H23BN2O3. The summed E-state index contributed by atoms with van der Waals surface area (Å²) in [7, 11) is -0.483. The normalized spacial score (nSPS) is 23.4. The van der Waals surface area contributed by atoms with Crippen LogP contribution in [-0.2, 0) is 15.9 Å². The molecule has 1 aromatic rings. The summed E-state index contributed by atoms with van der Waals surface area (Å²) in [6, 6.07) is 3.80. The minimum absolute atomic E-state index is 0.337. The third-order valence-electron chi connectivity index (χ3n) is 4.40. The van der Waals surface area contributed by atoms with Gasteiger partial charge in [-0.1, -0.05) is 0 Å². The Labute approximate surface area is 126 Å². The molecule has 2 fully saturated rings. The van der Waals surface area contributed by atoms with Crippen LogP contribution in [0.3, 0.4) is 0 Å². The van der Waals surface area contributed by atoms with E-state index in [0.717, 1.165) is 29.9 Å². The molecule has 0 aromatic carbocycles. The van der Waals surface area contributed by atoms with Crippen molar-refractivity contribution in [1.29, 1.82) is 0 Å². The molecule has 1 aromatic heterocycles. The Morgan fingerprint density at radius 3 is 2.38 bits per heavy atom. The number of aromatic nitrogens is 1. The first-order valence-electron chi connectivity index (χ1n) is 7.54. The van der Waals surface area contributed by atoms with E-state index in [1.165, 1.54) is 0 Å². The van der Waals surface area contributed by atoms with Crippen molar-refractivity contribution < 1.29 is 14.0 Å². The number of nitrogens with zero attached hydrogens (tertiary/aromatic N) is 1. The molecule has 3 rings (SSSR count). The van der Waals surface area contributed by atoms with Gasteiger partial charge in [0.05, 0.1) is 28.6 Å². The average molecular weight is 290 g/mol. The van der Waals surface area contributed by atoms with Gasteiger partial charge < -0.3 is 19.8 Å². The van der Waals surface area contributed by atoms with E-state index in [4.69, 9.17) is 19.8 Å². The maximum Gasteiger partial charge on any atom is 0.514 e. The first-order valence-corrected chi connectivity index (χ1v) is 7.54. The largest absolute Gasteiger partial charge is 0.514 e. The fourth-order valence-corrected chi connectivity index (χ4v) is 2.22. The van der Waals surface area contributed by atoms with Crippen molar-refractivity contribution in [2.75, 3.05) is 0 Å². The highest BCUT2D eigenvalue weighted by Crippen LogP contribution is 2.36. The van der Waals surface area contributed by atoms with E-state index in [0.29, 0.717) is 12.6 Å². The van der Waals surface area contributed by atoms with E-state index >= 15 is 0 Å². The van der Waals surface area contributed by atoms with Crippen molar-refractivity contribution >= 4 is 12.7 Å². The maximum atomic E-state index is 6.04. The van der Waals surface area contributed by atoms with Gasteiger partial charge in [-0.05, 0) is 46.6 Å². The van der Waals surface area contributed by atoms with E-state index < -0.39 is 7.12 Å². The summed E-state index contributed by atoms with van der Waals surface area (Å²) in [5.41, 5.74) is 6.50. The van der Waals surface area contributed by atoms with Crippen LogP contribution in [0, 0.1) is 0 Å². The lowest BCUT2D eigenvalue weighted by Gasteiger charge is -2.32. The van der Waals surface area contributed by atoms with Crippen molar-refractivity contribution in [3.8, 4) is 5.75 Å². The topological polar surface area (TPSA) is 66.6 Å². The molecule has 0 atom stereocenters. The lowest BCUT2D eigenvalue weighted by molar-refractivity contribution is 0.00578. The smallest absolute Gasteiger partial charge is 0.490 e. The molecule has 21 heavy (non-hydrogen) atoms. The summed E-state index contributed by atoms with van der Waals surface area (Å²) in [5, 5.41) is 0. The molecule has 1 saturated carbocycles. The molecule has 0 bridgehead atoms. The summed E-state index contributed by atoms with van der Waals surface area (Å²) < 4.78 is 18.0. The maximum absolute atomic E-state index is 6.04. The summed E-state index contributed by atoms with van der Waals surface area (Å²) >= 11 is 0. The zero-order valence-corrected chi connectivity index (χ0v) is 13.2. The van der Waals surface area contributed by atoms with Crippen LogP contribution in [0.1, 0.15) is 46.2 Å². The molecule has 2 aliphatic rings. The molecule has 1 aliphatic heterocycles. The van der Waals surface area contributed by atoms with Crippen LogP contribution in [0.4, 0.5) is 0 Å². The zero-order valence-electron chi connectivity index (χ0n) is 13.2. The van der Waals surface area contributed by atoms with Gasteiger partial charge in [0.25, 0.3) is 0 Å². The standard InChI is InChI=1S/C15H23BN2O3/c1-14(2)15(3,4)21-16(20-14)13-8-12(19-11-5-6-11)7-10(9-17)18-13/h7-8,11H,5-6,9,17H2,1-4H3. The minimum atomic E-state index is -0.483. The molecule has 1 aliphatic carbocycles. The van der Waals surface area contributed by atoms with Gasteiger partial charge in [0.15, 0.2) is 0 Å². The highest BCUT2D eigenvalue weighted by molar-refractivity contribution is 6.61. The van der Waals surface area contributed by atoms with E-state index in [1.807, 2.05) is 39.8 Å². The Morgan fingerprint density at radius 2 is 1.86 bits per heavy atom. The first-order chi connectivity index (χ1) is 9.80. The number of rotatable bonds is 4. The quantitative estimate of drug-likeness (QED) is 0.849. The van der Waals surface area contributed by atoms with Gasteiger partial charge in [-0.2, -0.15) is 0 Å². The zero-order chi connectivity index (χ0) is 15.3. The predicted molar refractivity (Wildman–Crippen MR) is 81.5 cm³/mol. The van der Waals surface area contributed by atoms with Gasteiger partial charge in [0.1, 0.15) is 5.75 Å². The van der Waals surface area contributed by atoms with Crippen molar-refractivity contribution in [3.05, 3.63) is 17.8 Å². The van der Waals surface area contributed by atoms with Crippen molar-refractivity contribution in [1.82, 2.24) is 4.98 Å². The Kier molecular flexibility index (Phi) is 3.51. The Bertz CT molecular complexity index is 528. The monoisotopic (exact) mass is 290 g/mol. The van der Waals surface area contributed by atoms with Crippen LogP contribution < -0.4 is 16.1 Å². The molecule has 5 nitrogen and oxygen atoms in total. The lowest BCUT2D eigenvalue weighted by atomic mass is 9.84. The molecule has 6 heteroatoms. The second-order valence-corrected chi connectivity index (χ2v) is 6.83. The van der Waals surface area contributed by atoms with Gasteiger partial charge in [0, 0.05) is 12.6 Å². The van der Waals surface area contributed by atoms with Crippen LogP contribution in [0.25, 0.3) is 0 Å². The summed E-state index contributed by atoms with van der Waals surface area (Å²) in [5.74, 6) is 0.803. The Hall–Kier alpha value is -1.11. The number of pyridine rings is 1. The van der Waals surface area contributed by atoms with Gasteiger partial charge in [0.2, 0.25) is 0 Å². The first kappa shape index (κ1) is 14.8. The van der Waals surface area contributed by atoms with Crippen LogP contribution >= 0.6 is 0 Å². The number of hydrogen-bond donors (Lipinski definition) is 1. The molecule has 0 spiro atoms. The Balaban J connectivity index is 1.87. The summed E-state index contributed by atoms with van der Waals surface area (Å²) in [6.07, 6.45) is 2.57. The number of nitrogens with two attached hydrogens (primary N) is 1. The molecule has 2 heterocycles. The fraction of sp³-hybridized carbons (Fsp3) is 0.667. The minimum Gasteiger partial charge on any atom is -0.490 e. The molecule has 1 saturated heterocycles. The van der Waals surface area contributed by atoms with Crippen LogP contribution in [-0.4, -0.2) is 29.4 Å². The highest BCUT2D eigenvalue weighted by atomic mass is 16.7. The lowest BCUT2D eigenvalue weighted by Crippen LogP contribution is -2.41. The molecule has 0 radical (unpaired) electrons. The van der Waals surface area contributed by atoms with E-state index in [9.17, 15) is 0 Å². The molecule has 0 unspecified atom stereocenters. The fourth-order valence-electron chi connectivity index (χ4n) is 2.22. The van der Waals surface area contributed by atoms with Gasteiger partial charge in [-0.25, -0.2) is 0 Å². The summed E-state index contributed by atoms with van der Waals surface area (Å²) in [4.78, 5) is 4.54. The molecule has 114 valence electrons. The van der Waals surface area contributed by atoms with Gasteiger partial charge in [-0.15, -0.1) is 0 Å². The van der Waals surface area contributed by atoms with Crippen molar-refractivity contribution in [3.63, 3.8) is 0 Å². The second kappa shape index (κ2) is 4.97. The second-order valence-electron chi connectivity index (χ2n) is 6.83. The summed E-state index contributed by atoms with van der Waals surface area (Å²) in [6.45, 7) is 8.49. The van der Waals surface area contributed by atoms with E-state index in [1.54, 1.807) is 0 Å². The van der Waals surface area contributed by atoms with Crippen molar-refractivity contribution in [2.45, 2.75) is 64.4 Å². The third kappa shape index (κ3) is 2.93. The molecular weight excluding hydrogens is 267 g/mol. The van der Waals surface area contributed by atoms with Crippen LogP contribution in [0.2, 0.25) is 0 Å². The average Bonchev–Trinajstić information content (AvgIpc) is 3.16. The number of ether oxygens (including phenoxy) is 1. The predicted octanol–water partition coefficient (Wildman–Crippen LogP) is 1.38. The Morgan fingerprint density at radius 1 is 1.24 bits per heavy atom. The van der Waals surface area contributed by atoms with E-state index in [-0.39, 0.29) is 11.2 Å². The van der Waals surface area contributed by atoms with Crippen LogP contribution in [0.5, 0.6) is 5.75 Å². The van der Waals surface area contributed by atoms with Gasteiger partial charge in [-0.3, -0.25) is 4.98 Å². The van der Waals surface area contributed by atoms with Crippen LogP contribution in [0.15, 0.2) is 12.1 Å². The van der Waals surface area contributed by atoms with Gasteiger partial charge >= 0.3 is 7.12 Å². The SMILES string of the molecule is CC1(C)OB(c2cc(OC3CC3)cc(CN)n2)OC1(C)C. The third-order valence-corrected chi connectivity index (χ3v) is 4.40. The highest BCUT2D eigenvalue weighted by Gasteiger charge is 2.52. The molecule has 0 amide bonds. The molecule has 2 N–H and O–H groups in total. The van der Waals surface area contributed by atoms with E-state index in [2.05, 4.69) is 4.98 Å².